The highest BCUT2D eigenvalue weighted by Gasteiger charge is 2.17. The SMILES string of the molecule is CC(C)Oc1ccc(OCc2cc(F)ccc2F)cc1C(=O)Nc1ccc(C(=O)O)cn1. The fourth-order valence-electron chi connectivity index (χ4n) is 2.73. The van der Waals surface area contributed by atoms with Crippen molar-refractivity contribution in [1.29, 1.82) is 0 Å². The Kier molecular flexibility index (Phi) is 6.99. The smallest absolute Gasteiger partial charge is 0.337 e. The number of aromatic nitrogens is 1. The van der Waals surface area contributed by atoms with Crippen LogP contribution in [0.1, 0.15) is 40.1 Å². The molecule has 0 aliphatic carbocycles. The number of ether oxygens (including phenoxy) is 2. The van der Waals surface area contributed by atoms with Crippen molar-refractivity contribution < 1.29 is 33.0 Å². The molecule has 0 atom stereocenters. The highest BCUT2D eigenvalue weighted by atomic mass is 19.1. The van der Waals surface area contributed by atoms with Crippen molar-refractivity contribution in [2.75, 3.05) is 5.32 Å². The molecule has 1 aromatic heterocycles. The van der Waals surface area contributed by atoms with Gasteiger partial charge in [-0.2, -0.15) is 0 Å². The molecule has 0 bridgehead atoms. The number of hydrogen-bond donors (Lipinski definition) is 2. The first-order valence-electron chi connectivity index (χ1n) is 9.61. The van der Waals surface area contributed by atoms with E-state index in [1.165, 1.54) is 24.3 Å². The fourth-order valence-corrected chi connectivity index (χ4v) is 2.73. The lowest BCUT2D eigenvalue weighted by Gasteiger charge is -2.16. The zero-order valence-corrected chi connectivity index (χ0v) is 17.3. The maximum absolute atomic E-state index is 13.8. The Morgan fingerprint density at radius 2 is 1.88 bits per heavy atom. The summed E-state index contributed by atoms with van der Waals surface area (Å²) in [5, 5.41) is 11.5. The van der Waals surface area contributed by atoms with Crippen molar-refractivity contribution in [3.05, 3.63) is 83.1 Å². The molecule has 7 nitrogen and oxygen atoms in total. The van der Waals surface area contributed by atoms with Gasteiger partial charge >= 0.3 is 5.97 Å². The number of halogens is 2. The molecule has 1 amide bonds. The van der Waals surface area contributed by atoms with Crippen LogP contribution in [-0.4, -0.2) is 28.1 Å². The van der Waals surface area contributed by atoms with Gasteiger partial charge in [0, 0.05) is 11.8 Å². The van der Waals surface area contributed by atoms with Gasteiger partial charge in [0.15, 0.2) is 0 Å². The highest BCUT2D eigenvalue weighted by Crippen LogP contribution is 2.27. The van der Waals surface area contributed by atoms with Crippen LogP contribution in [0.25, 0.3) is 0 Å². The van der Waals surface area contributed by atoms with Crippen LogP contribution in [0.3, 0.4) is 0 Å². The van der Waals surface area contributed by atoms with E-state index in [-0.39, 0.29) is 46.7 Å². The molecule has 3 aromatic rings. The molecular formula is C23H20F2N2O5. The third kappa shape index (κ3) is 5.78. The van der Waals surface area contributed by atoms with E-state index in [9.17, 15) is 18.4 Å². The number of aromatic carboxylic acids is 1. The summed E-state index contributed by atoms with van der Waals surface area (Å²) in [4.78, 5) is 27.7. The van der Waals surface area contributed by atoms with E-state index in [1.54, 1.807) is 19.9 Å². The Morgan fingerprint density at radius 1 is 1.09 bits per heavy atom. The quantitative estimate of drug-likeness (QED) is 0.526. The topological polar surface area (TPSA) is 97.8 Å². The van der Waals surface area contributed by atoms with Crippen LogP contribution in [0.15, 0.2) is 54.7 Å². The second-order valence-corrected chi connectivity index (χ2v) is 7.04. The predicted molar refractivity (Wildman–Crippen MR) is 112 cm³/mol. The number of hydrogen-bond acceptors (Lipinski definition) is 5. The number of carbonyl (C=O) groups excluding carboxylic acids is 1. The maximum Gasteiger partial charge on any atom is 0.337 e. The van der Waals surface area contributed by atoms with Crippen LogP contribution in [-0.2, 0) is 6.61 Å². The minimum Gasteiger partial charge on any atom is -0.490 e. The molecule has 0 fully saturated rings. The van der Waals surface area contributed by atoms with Gasteiger partial charge < -0.3 is 19.9 Å². The second-order valence-electron chi connectivity index (χ2n) is 7.04. The molecule has 0 saturated heterocycles. The number of nitrogens with zero attached hydrogens (tertiary/aromatic N) is 1. The van der Waals surface area contributed by atoms with Crippen LogP contribution in [0.4, 0.5) is 14.6 Å². The summed E-state index contributed by atoms with van der Waals surface area (Å²) >= 11 is 0. The van der Waals surface area contributed by atoms with Gasteiger partial charge in [-0.15, -0.1) is 0 Å². The third-order valence-corrected chi connectivity index (χ3v) is 4.21. The summed E-state index contributed by atoms with van der Waals surface area (Å²) in [7, 11) is 0. The average molecular weight is 442 g/mol. The van der Waals surface area contributed by atoms with Gasteiger partial charge in [0.05, 0.1) is 17.2 Å². The first-order valence-corrected chi connectivity index (χ1v) is 9.61. The number of carboxylic acids is 1. The first kappa shape index (κ1) is 22.7. The van der Waals surface area contributed by atoms with Crippen molar-refractivity contribution in [3.8, 4) is 11.5 Å². The number of carbonyl (C=O) groups is 2. The third-order valence-electron chi connectivity index (χ3n) is 4.21. The average Bonchev–Trinajstić information content (AvgIpc) is 2.75. The first-order chi connectivity index (χ1) is 15.2. The predicted octanol–water partition coefficient (Wildman–Crippen LogP) is 4.68. The van der Waals surface area contributed by atoms with E-state index in [2.05, 4.69) is 10.3 Å². The molecule has 166 valence electrons. The fraction of sp³-hybridized carbons (Fsp3) is 0.174. The number of rotatable bonds is 8. The Hall–Kier alpha value is -4.01. The molecule has 2 N–H and O–H groups in total. The van der Waals surface area contributed by atoms with Gasteiger partial charge in [-0.05, 0) is 62.4 Å². The molecule has 0 saturated carbocycles. The Labute approximate surface area is 182 Å². The number of amides is 1. The van der Waals surface area contributed by atoms with Crippen molar-refractivity contribution in [3.63, 3.8) is 0 Å². The van der Waals surface area contributed by atoms with E-state index >= 15 is 0 Å². The van der Waals surface area contributed by atoms with Crippen LogP contribution in [0.2, 0.25) is 0 Å². The monoisotopic (exact) mass is 442 g/mol. The molecule has 0 spiro atoms. The van der Waals surface area contributed by atoms with Gasteiger partial charge in [-0.1, -0.05) is 0 Å². The van der Waals surface area contributed by atoms with Crippen molar-refractivity contribution in [2.45, 2.75) is 26.6 Å². The summed E-state index contributed by atoms with van der Waals surface area (Å²) in [6.07, 6.45) is 0.902. The molecule has 2 aromatic carbocycles. The van der Waals surface area contributed by atoms with E-state index in [4.69, 9.17) is 14.6 Å². The molecule has 32 heavy (non-hydrogen) atoms. The van der Waals surface area contributed by atoms with Gasteiger partial charge in [-0.25, -0.2) is 18.6 Å². The van der Waals surface area contributed by atoms with Crippen molar-refractivity contribution >= 4 is 17.7 Å². The molecule has 0 aliphatic heterocycles. The highest BCUT2D eigenvalue weighted by molar-refractivity contribution is 6.06. The Bertz CT molecular complexity index is 1130. The minimum absolute atomic E-state index is 0.0215. The minimum atomic E-state index is -1.14. The number of carboxylic acid groups (broad SMARTS) is 1. The summed E-state index contributed by atoms with van der Waals surface area (Å²) < 4.78 is 38.4. The number of nitrogens with one attached hydrogen (secondary N) is 1. The number of anilines is 1. The van der Waals surface area contributed by atoms with Crippen molar-refractivity contribution in [1.82, 2.24) is 4.98 Å². The van der Waals surface area contributed by atoms with Gasteiger partial charge in [0.1, 0.15) is 35.6 Å². The number of pyridine rings is 1. The molecule has 9 heteroatoms. The maximum atomic E-state index is 13.8. The number of benzene rings is 2. The van der Waals surface area contributed by atoms with Crippen LogP contribution in [0, 0.1) is 11.6 Å². The lowest BCUT2D eigenvalue weighted by atomic mass is 10.1. The summed E-state index contributed by atoms with van der Waals surface area (Å²) in [5.74, 6) is -2.25. The zero-order chi connectivity index (χ0) is 23.3. The summed E-state index contributed by atoms with van der Waals surface area (Å²) in [5.41, 5.74) is 0.132. The van der Waals surface area contributed by atoms with Crippen LogP contribution >= 0.6 is 0 Å². The molecule has 1 heterocycles. The molecule has 0 radical (unpaired) electrons. The summed E-state index contributed by atoms with van der Waals surface area (Å²) in [6, 6.07) is 10.2. The molecular weight excluding hydrogens is 422 g/mol. The largest absolute Gasteiger partial charge is 0.490 e. The Balaban J connectivity index is 1.82. The molecule has 0 aliphatic rings. The van der Waals surface area contributed by atoms with E-state index < -0.39 is 23.5 Å². The normalized spacial score (nSPS) is 10.7. The van der Waals surface area contributed by atoms with Gasteiger partial charge in [-0.3, -0.25) is 4.79 Å². The summed E-state index contributed by atoms with van der Waals surface area (Å²) in [6.45, 7) is 3.35. The lowest BCUT2D eigenvalue weighted by molar-refractivity contribution is 0.0696. The lowest BCUT2D eigenvalue weighted by Crippen LogP contribution is -2.17. The molecule has 0 unspecified atom stereocenters. The van der Waals surface area contributed by atoms with E-state index in [1.807, 2.05) is 0 Å². The van der Waals surface area contributed by atoms with Gasteiger partial charge in [0.25, 0.3) is 5.91 Å². The van der Waals surface area contributed by atoms with Crippen LogP contribution < -0.4 is 14.8 Å². The standard InChI is InChI=1S/C23H20F2N2O5/c1-13(2)32-20-7-5-17(31-12-15-9-16(24)4-6-19(15)25)10-18(20)22(28)27-21-8-3-14(11-26-21)23(29)30/h3-11,13H,12H2,1-2H3,(H,29,30)(H,26,27,28). The van der Waals surface area contributed by atoms with Crippen molar-refractivity contribution in [2.24, 2.45) is 0 Å². The molecule has 3 rings (SSSR count). The Morgan fingerprint density at radius 3 is 2.53 bits per heavy atom. The van der Waals surface area contributed by atoms with E-state index in [0.29, 0.717) is 0 Å². The van der Waals surface area contributed by atoms with E-state index in [0.717, 1.165) is 24.4 Å². The zero-order valence-electron chi connectivity index (χ0n) is 17.3. The van der Waals surface area contributed by atoms with Gasteiger partial charge in [0.2, 0.25) is 0 Å². The second kappa shape index (κ2) is 9.86. The van der Waals surface area contributed by atoms with Crippen LogP contribution in [0.5, 0.6) is 11.5 Å².